The van der Waals surface area contributed by atoms with Crippen molar-refractivity contribution in [3.8, 4) is 0 Å². The number of amides is 1. The summed E-state index contributed by atoms with van der Waals surface area (Å²) < 4.78 is 0. The minimum absolute atomic E-state index is 0.173. The molecule has 5 heteroatoms. The van der Waals surface area contributed by atoms with Gasteiger partial charge >= 0.3 is 5.97 Å². The van der Waals surface area contributed by atoms with Crippen molar-refractivity contribution in [2.45, 2.75) is 38.5 Å². The topological polar surface area (TPSA) is 66.4 Å². The van der Waals surface area contributed by atoms with E-state index in [0.29, 0.717) is 10.6 Å². The van der Waals surface area contributed by atoms with Gasteiger partial charge in [-0.05, 0) is 42.4 Å². The average molecular weight is 329 g/mol. The standard InChI is InChI=1S/C18H19NO3S/c1-18(2)10-6-9-12-14(18)13(17(21)22)16(23-12)19-15(20)11-7-4-3-5-8-11/h3-5,7-8H,6,9-10H2,1-2H3,(H,19,20)(H,21,22). The molecule has 1 aliphatic carbocycles. The Kier molecular flexibility index (Phi) is 3.98. The summed E-state index contributed by atoms with van der Waals surface area (Å²) in [5, 5.41) is 12.9. The predicted molar refractivity (Wildman–Crippen MR) is 91.6 cm³/mol. The Labute approximate surface area is 139 Å². The van der Waals surface area contributed by atoms with Crippen LogP contribution < -0.4 is 5.32 Å². The lowest BCUT2D eigenvalue weighted by Gasteiger charge is -2.30. The number of aryl methyl sites for hydroxylation is 1. The minimum atomic E-state index is -0.971. The Bertz CT molecular complexity index is 762. The zero-order valence-corrected chi connectivity index (χ0v) is 14.0. The summed E-state index contributed by atoms with van der Waals surface area (Å²) in [7, 11) is 0. The molecule has 0 atom stereocenters. The molecule has 23 heavy (non-hydrogen) atoms. The van der Waals surface area contributed by atoms with Gasteiger partial charge in [0.2, 0.25) is 0 Å². The van der Waals surface area contributed by atoms with Crippen LogP contribution in [0.3, 0.4) is 0 Å². The van der Waals surface area contributed by atoms with Crippen molar-refractivity contribution in [3.63, 3.8) is 0 Å². The van der Waals surface area contributed by atoms with Gasteiger partial charge in [0.15, 0.2) is 0 Å². The molecule has 0 saturated heterocycles. The fourth-order valence-corrected chi connectivity index (χ4v) is 4.65. The monoisotopic (exact) mass is 329 g/mol. The van der Waals surface area contributed by atoms with Gasteiger partial charge in [0, 0.05) is 10.4 Å². The second kappa shape index (κ2) is 5.81. The van der Waals surface area contributed by atoms with Crippen LogP contribution in [0.25, 0.3) is 0 Å². The normalized spacial score (nSPS) is 15.7. The van der Waals surface area contributed by atoms with Crippen molar-refractivity contribution in [3.05, 3.63) is 51.9 Å². The number of carboxylic acid groups (broad SMARTS) is 1. The number of benzene rings is 1. The van der Waals surface area contributed by atoms with Gasteiger partial charge in [0.25, 0.3) is 5.91 Å². The molecule has 3 rings (SSSR count). The first-order chi connectivity index (χ1) is 10.9. The van der Waals surface area contributed by atoms with E-state index in [1.54, 1.807) is 24.3 Å². The van der Waals surface area contributed by atoms with E-state index in [1.165, 1.54) is 11.3 Å². The van der Waals surface area contributed by atoms with Gasteiger partial charge in [0.1, 0.15) is 5.00 Å². The van der Waals surface area contributed by atoms with Gasteiger partial charge in [-0.15, -0.1) is 11.3 Å². The SMILES string of the molecule is CC1(C)CCCc2sc(NC(=O)c3ccccc3)c(C(=O)O)c21. The van der Waals surface area contributed by atoms with E-state index in [2.05, 4.69) is 19.2 Å². The van der Waals surface area contributed by atoms with Crippen LogP contribution in [0.5, 0.6) is 0 Å². The largest absolute Gasteiger partial charge is 0.478 e. The molecule has 0 saturated carbocycles. The number of aromatic carboxylic acids is 1. The molecule has 0 aliphatic heterocycles. The Hall–Kier alpha value is -2.14. The van der Waals surface area contributed by atoms with Crippen molar-refractivity contribution >= 4 is 28.2 Å². The molecule has 1 aliphatic rings. The lowest BCUT2D eigenvalue weighted by Crippen LogP contribution is -2.25. The van der Waals surface area contributed by atoms with E-state index in [9.17, 15) is 14.7 Å². The Morgan fingerprint density at radius 2 is 1.91 bits per heavy atom. The van der Waals surface area contributed by atoms with Crippen LogP contribution in [0.15, 0.2) is 30.3 Å². The Balaban J connectivity index is 2.02. The molecule has 0 radical (unpaired) electrons. The van der Waals surface area contributed by atoms with E-state index in [4.69, 9.17) is 0 Å². The first-order valence-electron chi connectivity index (χ1n) is 7.66. The summed E-state index contributed by atoms with van der Waals surface area (Å²) >= 11 is 1.40. The summed E-state index contributed by atoms with van der Waals surface area (Å²) in [6.45, 7) is 4.15. The maximum Gasteiger partial charge on any atom is 0.339 e. The zero-order chi connectivity index (χ0) is 16.6. The molecule has 2 N–H and O–H groups in total. The third kappa shape index (κ3) is 2.88. The summed E-state index contributed by atoms with van der Waals surface area (Å²) in [6.07, 6.45) is 2.89. The first kappa shape index (κ1) is 15.7. The van der Waals surface area contributed by atoms with Crippen molar-refractivity contribution in [1.82, 2.24) is 0 Å². The maximum absolute atomic E-state index is 12.4. The summed E-state index contributed by atoms with van der Waals surface area (Å²) in [4.78, 5) is 25.3. The molecule has 1 aromatic heterocycles. The Morgan fingerprint density at radius 1 is 1.22 bits per heavy atom. The van der Waals surface area contributed by atoms with Crippen LogP contribution in [-0.4, -0.2) is 17.0 Å². The molecule has 1 heterocycles. The number of nitrogens with one attached hydrogen (secondary N) is 1. The van der Waals surface area contributed by atoms with Gasteiger partial charge in [-0.2, -0.15) is 0 Å². The summed E-state index contributed by atoms with van der Waals surface area (Å²) in [5.41, 5.74) is 1.51. The molecular weight excluding hydrogens is 310 g/mol. The number of fused-ring (bicyclic) bond motifs is 1. The summed E-state index contributed by atoms with van der Waals surface area (Å²) in [5.74, 6) is -1.25. The van der Waals surface area contributed by atoms with Crippen molar-refractivity contribution < 1.29 is 14.7 Å². The second-order valence-corrected chi connectivity index (χ2v) is 7.57. The van der Waals surface area contributed by atoms with Crippen molar-refractivity contribution in [2.24, 2.45) is 0 Å². The lowest BCUT2D eigenvalue weighted by atomic mass is 9.74. The summed E-state index contributed by atoms with van der Waals surface area (Å²) in [6, 6.07) is 8.84. The maximum atomic E-state index is 12.4. The highest BCUT2D eigenvalue weighted by Gasteiger charge is 2.36. The number of hydrogen-bond donors (Lipinski definition) is 2. The molecular formula is C18H19NO3S. The quantitative estimate of drug-likeness (QED) is 0.881. The molecule has 1 amide bonds. The molecule has 0 bridgehead atoms. The van der Waals surface area contributed by atoms with E-state index >= 15 is 0 Å². The van der Waals surface area contributed by atoms with E-state index in [-0.39, 0.29) is 16.9 Å². The highest BCUT2D eigenvalue weighted by Crippen LogP contribution is 2.46. The Morgan fingerprint density at radius 3 is 2.57 bits per heavy atom. The van der Waals surface area contributed by atoms with Gasteiger partial charge < -0.3 is 10.4 Å². The number of hydrogen-bond acceptors (Lipinski definition) is 3. The lowest BCUT2D eigenvalue weighted by molar-refractivity contribution is 0.0695. The number of carboxylic acids is 1. The van der Waals surface area contributed by atoms with Gasteiger partial charge in [-0.25, -0.2) is 4.79 Å². The third-order valence-electron chi connectivity index (χ3n) is 4.34. The van der Waals surface area contributed by atoms with Crippen LogP contribution in [-0.2, 0) is 11.8 Å². The van der Waals surface area contributed by atoms with E-state index < -0.39 is 5.97 Å². The third-order valence-corrected chi connectivity index (χ3v) is 5.51. The number of carbonyl (C=O) groups is 2. The molecule has 4 nitrogen and oxygen atoms in total. The highest BCUT2D eigenvalue weighted by atomic mass is 32.1. The van der Waals surface area contributed by atoms with Crippen LogP contribution in [0.4, 0.5) is 5.00 Å². The molecule has 0 unspecified atom stereocenters. The predicted octanol–water partition coefficient (Wildman–Crippen LogP) is 4.31. The number of rotatable bonds is 3. The van der Waals surface area contributed by atoms with Crippen LogP contribution >= 0.6 is 11.3 Å². The molecule has 2 aromatic rings. The highest BCUT2D eigenvalue weighted by molar-refractivity contribution is 7.17. The fourth-order valence-electron chi connectivity index (χ4n) is 3.24. The van der Waals surface area contributed by atoms with E-state index in [0.717, 1.165) is 29.7 Å². The van der Waals surface area contributed by atoms with Crippen LogP contribution in [0, 0.1) is 0 Å². The molecule has 1 aromatic carbocycles. The number of carbonyl (C=O) groups excluding carboxylic acids is 1. The smallest absolute Gasteiger partial charge is 0.339 e. The second-order valence-electron chi connectivity index (χ2n) is 6.47. The minimum Gasteiger partial charge on any atom is -0.478 e. The number of anilines is 1. The average Bonchev–Trinajstić information content (AvgIpc) is 2.87. The first-order valence-corrected chi connectivity index (χ1v) is 8.47. The van der Waals surface area contributed by atoms with Crippen LogP contribution in [0.2, 0.25) is 0 Å². The van der Waals surface area contributed by atoms with E-state index in [1.807, 2.05) is 6.07 Å². The van der Waals surface area contributed by atoms with Gasteiger partial charge in [-0.3, -0.25) is 4.79 Å². The molecule has 120 valence electrons. The van der Waals surface area contributed by atoms with Crippen molar-refractivity contribution in [2.75, 3.05) is 5.32 Å². The molecule has 0 spiro atoms. The van der Waals surface area contributed by atoms with Crippen LogP contribution in [0.1, 0.15) is 57.8 Å². The zero-order valence-electron chi connectivity index (χ0n) is 13.2. The van der Waals surface area contributed by atoms with Crippen molar-refractivity contribution in [1.29, 1.82) is 0 Å². The molecule has 0 fully saturated rings. The van der Waals surface area contributed by atoms with Gasteiger partial charge in [-0.1, -0.05) is 32.0 Å². The fraction of sp³-hybridized carbons (Fsp3) is 0.333. The number of thiophene rings is 1. The van der Waals surface area contributed by atoms with Gasteiger partial charge in [0.05, 0.1) is 5.56 Å².